The molecule has 1 spiro atoms. The number of rotatable bonds is 1. The third-order valence-electron chi connectivity index (χ3n) is 5.34. The minimum atomic E-state index is 0.186. The van der Waals surface area contributed by atoms with Crippen LogP contribution in [0.25, 0.3) is 0 Å². The molecule has 0 bridgehead atoms. The van der Waals surface area contributed by atoms with Gasteiger partial charge in [-0.25, -0.2) is 0 Å². The Morgan fingerprint density at radius 1 is 1.10 bits per heavy atom. The lowest BCUT2D eigenvalue weighted by Crippen LogP contribution is -2.56. The molecule has 3 rings (SSSR count). The van der Waals surface area contributed by atoms with Gasteiger partial charge < -0.3 is 14.4 Å². The normalized spacial score (nSPS) is 23.2. The molecule has 0 saturated carbocycles. The molecule has 4 heteroatoms. The van der Waals surface area contributed by atoms with Gasteiger partial charge in [0.1, 0.15) is 5.69 Å². The Morgan fingerprint density at radius 2 is 1.85 bits per heavy atom. The summed E-state index contributed by atoms with van der Waals surface area (Å²) < 4.78 is 1.92. The van der Waals surface area contributed by atoms with Crippen LogP contribution in [0.1, 0.15) is 42.6 Å². The molecule has 20 heavy (non-hydrogen) atoms. The summed E-state index contributed by atoms with van der Waals surface area (Å²) in [6.07, 6.45) is 8.16. The third kappa shape index (κ3) is 2.26. The number of hydrogen-bond acceptors (Lipinski definition) is 2. The molecule has 0 atom stereocenters. The number of likely N-dealkylation sites (tertiary alicyclic amines) is 2. The maximum Gasteiger partial charge on any atom is 0.270 e. The second kappa shape index (κ2) is 5.24. The van der Waals surface area contributed by atoms with Gasteiger partial charge in [0.25, 0.3) is 5.91 Å². The Morgan fingerprint density at radius 3 is 2.45 bits per heavy atom. The second-order valence-corrected chi connectivity index (χ2v) is 6.40. The Kier molecular flexibility index (Phi) is 3.59. The van der Waals surface area contributed by atoms with E-state index in [2.05, 4.69) is 11.9 Å². The summed E-state index contributed by atoms with van der Waals surface area (Å²) in [5, 5.41) is 0. The summed E-state index contributed by atoms with van der Waals surface area (Å²) in [7, 11) is 4.20. The molecule has 1 amide bonds. The summed E-state index contributed by atoms with van der Waals surface area (Å²) in [5.74, 6) is 0.186. The number of carbonyl (C=O) groups is 1. The number of amides is 1. The second-order valence-electron chi connectivity index (χ2n) is 6.40. The van der Waals surface area contributed by atoms with Crippen LogP contribution in [-0.4, -0.2) is 52.5 Å². The van der Waals surface area contributed by atoms with Gasteiger partial charge in [0, 0.05) is 31.9 Å². The van der Waals surface area contributed by atoms with E-state index in [1.807, 2.05) is 34.8 Å². The fraction of sp³-hybridized carbons (Fsp3) is 0.688. The van der Waals surface area contributed by atoms with Crippen LogP contribution in [0.4, 0.5) is 0 Å². The van der Waals surface area contributed by atoms with Crippen molar-refractivity contribution >= 4 is 5.91 Å². The van der Waals surface area contributed by atoms with E-state index >= 15 is 0 Å². The number of hydrogen-bond donors (Lipinski definition) is 0. The zero-order chi connectivity index (χ0) is 14.2. The van der Waals surface area contributed by atoms with Crippen LogP contribution in [-0.2, 0) is 7.05 Å². The molecule has 0 radical (unpaired) electrons. The lowest BCUT2D eigenvalue weighted by molar-refractivity contribution is 0.0108. The largest absolute Gasteiger partial charge is 0.347 e. The molecule has 0 unspecified atom stereocenters. The summed E-state index contributed by atoms with van der Waals surface area (Å²) >= 11 is 0. The number of aromatic nitrogens is 1. The first-order valence-electron chi connectivity index (χ1n) is 7.74. The minimum absolute atomic E-state index is 0.186. The van der Waals surface area contributed by atoms with Crippen LogP contribution in [0.3, 0.4) is 0 Å². The quantitative estimate of drug-likeness (QED) is 0.785. The zero-order valence-corrected chi connectivity index (χ0v) is 12.6. The van der Waals surface area contributed by atoms with Crippen molar-refractivity contribution in [3.63, 3.8) is 0 Å². The predicted octanol–water partition coefficient (Wildman–Crippen LogP) is 2.12. The zero-order valence-electron chi connectivity index (χ0n) is 12.6. The molecule has 0 aliphatic carbocycles. The van der Waals surface area contributed by atoms with E-state index in [1.54, 1.807) is 0 Å². The van der Waals surface area contributed by atoms with Gasteiger partial charge in [0.05, 0.1) is 0 Å². The van der Waals surface area contributed by atoms with Crippen molar-refractivity contribution in [2.75, 3.05) is 26.7 Å². The first kappa shape index (κ1) is 13.7. The molecule has 2 saturated heterocycles. The van der Waals surface area contributed by atoms with Gasteiger partial charge in [-0.1, -0.05) is 6.42 Å². The molecule has 110 valence electrons. The van der Waals surface area contributed by atoms with Gasteiger partial charge in [-0.05, 0) is 51.4 Å². The van der Waals surface area contributed by atoms with E-state index in [0.717, 1.165) is 31.6 Å². The van der Waals surface area contributed by atoms with Gasteiger partial charge in [0.2, 0.25) is 0 Å². The topological polar surface area (TPSA) is 28.5 Å². The van der Waals surface area contributed by atoms with Crippen LogP contribution in [0.2, 0.25) is 0 Å². The van der Waals surface area contributed by atoms with Crippen LogP contribution < -0.4 is 0 Å². The van der Waals surface area contributed by atoms with Gasteiger partial charge in [-0.15, -0.1) is 0 Å². The molecular formula is C16H25N3O. The SMILES string of the molecule is CN1CCCCC12CCN(C(=O)c1cccn1C)CC2. The van der Waals surface area contributed by atoms with Crippen LogP contribution in [0.5, 0.6) is 0 Å². The average molecular weight is 275 g/mol. The molecule has 1 aromatic heterocycles. The summed E-state index contributed by atoms with van der Waals surface area (Å²) in [6.45, 7) is 3.01. The highest BCUT2D eigenvalue weighted by molar-refractivity contribution is 5.92. The van der Waals surface area contributed by atoms with Crippen molar-refractivity contribution in [3.05, 3.63) is 24.0 Å². The van der Waals surface area contributed by atoms with Crippen LogP contribution >= 0.6 is 0 Å². The highest BCUT2D eigenvalue weighted by Gasteiger charge is 2.40. The fourth-order valence-electron chi connectivity index (χ4n) is 3.83. The Balaban J connectivity index is 1.67. The lowest BCUT2D eigenvalue weighted by atomic mass is 9.79. The van der Waals surface area contributed by atoms with Gasteiger partial charge in [-0.2, -0.15) is 0 Å². The highest BCUT2D eigenvalue weighted by atomic mass is 16.2. The lowest BCUT2D eigenvalue weighted by Gasteiger charge is -2.50. The predicted molar refractivity (Wildman–Crippen MR) is 79.8 cm³/mol. The third-order valence-corrected chi connectivity index (χ3v) is 5.34. The molecule has 0 N–H and O–H groups in total. The van der Waals surface area contributed by atoms with Crippen molar-refractivity contribution < 1.29 is 4.79 Å². The van der Waals surface area contributed by atoms with Crippen molar-refractivity contribution in [2.24, 2.45) is 7.05 Å². The highest BCUT2D eigenvalue weighted by Crippen LogP contribution is 2.36. The summed E-state index contributed by atoms with van der Waals surface area (Å²) in [4.78, 5) is 17.1. The van der Waals surface area contributed by atoms with Crippen molar-refractivity contribution in [1.82, 2.24) is 14.4 Å². The molecular weight excluding hydrogens is 250 g/mol. The molecule has 2 fully saturated rings. The first-order chi connectivity index (χ1) is 9.62. The van der Waals surface area contributed by atoms with Gasteiger partial charge >= 0.3 is 0 Å². The smallest absolute Gasteiger partial charge is 0.270 e. The van der Waals surface area contributed by atoms with E-state index in [4.69, 9.17) is 0 Å². The van der Waals surface area contributed by atoms with E-state index in [9.17, 15) is 4.79 Å². The molecule has 3 heterocycles. The van der Waals surface area contributed by atoms with Crippen molar-refractivity contribution in [1.29, 1.82) is 0 Å². The fourth-order valence-corrected chi connectivity index (χ4v) is 3.83. The minimum Gasteiger partial charge on any atom is -0.347 e. The monoisotopic (exact) mass is 275 g/mol. The maximum atomic E-state index is 12.5. The Hall–Kier alpha value is -1.29. The molecule has 4 nitrogen and oxygen atoms in total. The summed E-state index contributed by atoms with van der Waals surface area (Å²) in [5.41, 5.74) is 1.17. The number of piperidine rings is 2. The van der Waals surface area contributed by atoms with E-state index in [1.165, 1.54) is 25.8 Å². The number of carbonyl (C=O) groups excluding carboxylic acids is 1. The summed E-state index contributed by atoms with van der Waals surface area (Å²) in [6, 6.07) is 3.85. The van der Waals surface area contributed by atoms with Gasteiger partial charge in [0.15, 0.2) is 0 Å². The maximum absolute atomic E-state index is 12.5. The number of nitrogens with zero attached hydrogens (tertiary/aromatic N) is 3. The number of aryl methyl sites for hydroxylation is 1. The van der Waals surface area contributed by atoms with Gasteiger partial charge in [-0.3, -0.25) is 4.79 Å². The van der Waals surface area contributed by atoms with Crippen molar-refractivity contribution in [3.8, 4) is 0 Å². The average Bonchev–Trinajstić information content (AvgIpc) is 2.89. The molecule has 2 aliphatic rings. The van der Waals surface area contributed by atoms with Crippen LogP contribution in [0.15, 0.2) is 18.3 Å². The van der Waals surface area contributed by atoms with E-state index in [0.29, 0.717) is 5.54 Å². The van der Waals surface area contributed by atoms with Crippen LogP contribution in [0, 0.1) is 0 Å². The Labute approximate surface area is 121 Å². The van der Waals surface area contributed by atoms with Crippen molar-refractivity contribution in [2.45, 2.75) is 37.6 Å². The standard InChI is InChI=1S/C16H25N3O/c1-17-10-5-6-14(17)15(20)19-12-8-16(9-13-19)7-3-4-11-18(16)2/h5-6,10H,3-4,7-9,11-13H2,1-2H3. The van der Waals surface area contributed by atoms with E-state index in [-0.39, 0.29) is 5.91 Å². The molecule has 2 aliphatic heterocycles. The molecule has 0 aromatic carbocycles. The first-order valence-corrected chi connectivity index (χ1v) is 7.74. The molecule has 1 aromatic rings. The van der Waals surface area contributed by atoms with E-state index < -0.39 is 0 Å². The Bertz CT molecular complexity index is 486.